The summed E-state index contributed by atoms with van der Waals surface area (Å²) in [6, 6.07) is 5.55. The molecule has 1 heterocycles. The molecule has 0 fully saturated rings. The molecule has 1 aliphatic heterocycles. The van der Waals surface area contributed by atoms with Crippen molar-refractivity contribution in [1.29, 1.82) is 0 Å². The summed E-state index contributed by atoms with van der Waals surface area (Å²) in [6.45, 7) is 4.34. The molecule has 0 amide bonds. The third kappa shape index (κ3) is 4.23. The monoisotopic (exact) mass is 413 g/mol. The van der Waals surface area contributed by atoms with Crippen LogP contribution in [-0.4, -0.2) is 32.6 Å². The molecule has 0 saturated heterocycles. The van der Waals surface area contributed by atoms with E-state index in [1.54, 1.807) is 20.3 Å². The first-order valence-electron chi connectivity index (χ1n) is 10.7. The van der Waals surface area contributed by atoms with Gasteiger partial charge in [0.05, 0.1) is 32.3 Å². The second-order valence-corrected chi connectivity index (χ2v) is 7.69. The van der Waals surface area contributed by atoms with Gasteiger partial charge in [0.1, 0.15) is 0 Å². The number of methoxy groups -OCH3 is 2. The number of esters is 1. The van der Waals surface area contributed by atoms with E-state index >= 15 is 0 Å². The molecule has 0 spiro atoms. The maximum absolute atomic E-state index is 13.2. The van der Waals surface area contributed by atoms with E-state index in [0.29, 0.717) is 35.7 Å². The minimum atomic E-state index is -0.544. The van der Waals surface area contributed by atoms with Gasteiger partial charge in [-0.3, -0.25) is 4.79 Å². The highest BCUT2D eigenvalue weighted by atomic mass is 16.5. The number of para-hydroxylation sites is 1. The number of ether oxygens (including phenoxy) is 3. The number of ketones is 1. The number of rotatable bonds is 8. The van der Waals surface area contributed by atoms with E-state index in [-0.39, 0.29) is 5.78 Å². The van der Waals surface area contributed by atoms with Crippen molar-refractivity contribution in [2.45, 2.75) is 58.3 Å². The molecular formula is C24H31NO5. The summed E-state index contributed by atoms with van der Waals surface area (Å²) in [4.78, 5) is 26.2. The lowest BCUT2D eigenvalue weighted by Crippen LogP contribution is -2.34. The molecule has 6 heteroatoms. The fourth-order valence-corrected chi connectivity index (χ4v) is 4.30. The summed E-state index contributed by atoms with van der Waals surface area (Å²) in [5.74, 6) is 0.213. The Labute approximate surface area is 178 Å². The first-order valence-corrected chi connectivity index (χ1v) is 10.7. The van der Waals surface area contributed by atoms with Gasteiger partial charge in [-0.15, -0.1) is 0 Å². The Morgan fingerprint density at radius 2 is 1.97 bits per heavy atom. The van der Waals surface area contributed by atoms with E-state index in [4.69, 9.17) is 14.2 Å². The van der Waals surface area contributed by atoms with Gasteiger partial charge in [0.25, 0.3) is 0 Å². The zero-order valence-corrected chi connectivity index (χ0v) is 18.3. The standard InChI is InChI=1S/C24H31NO5/c1-5-6-7-14-30-24(27)20-15(2)25-17-11-9-12-18(26)22(17)21(20)16-10-8-13-19(28-3)23(16)29-4/h8,10,13,21,25H,5-7,9,11-12,14H2,1-4H3/t21-/m1/s1. The van der Waals surface area contributed by atoms with Crippen molar-refractivity contribution < 1.29 is 23.8 Å². The van der Waals surface area contributed by atoms with Crippen molar-refractivity contribution in [2.75, 3.05) is 20.8 Å². The zero-order chi connectivity index (χ0) is 21.7. The summed E-state index contributed by atoms with van der Waals surface area (Å²) in [7, 11) is 3.14. The molecule has 30 heavy (non-hydrogen) atoms. The summed E-state index contributed by atoms with van der Waals surface area (Å²) in [6.07, 6.45) is 4.93. The van der Waals surface area contributed by atoms with Gasteiger partial charge < -0.3 is 19.5 Å². The van der Waals surface area contributed by atoms with Gasteiger partial charge in [0.2, 0.25) is 0 Å². The number of carbonyl (C=O) groups is 2. The molecule has 6 nitrogen and oxygen atoms in total. The maximum Gasteiger partial charge on any atom is 0.336 e. The van der Waals surface area contributed by atoms with Crippen molar-refractivity contribution in [3.05, 3.63) is 46.3 Å². The minimum absolute atomic E-state index is 0.0578. The Morgan fingerprint density at radius 1 is 1.17 bits per heavy atom. The predicted octanol–water partition coefficient (Wildman–Crippen LogP) is 4.41. The van der Waals surface area contributed by atoms with Crippen molar-refractivity contribution in [1.82, 2.24) is 5.32 Å². The molecule has 0 unspecified atom stereocenters. The van der Waals surface area contributed by atoms with Crippen LogP contribution in [0.3, 0.4) is 0 Å². The van der Waals surface area contributed by atoms with E-state index in [2.05, 4.69) is 12.2 Å². The second-order valence-electron chi connectivity index (χ2n) is 7.69. The van der Waals surface area contributed by atoms with Crippen LogP contribution >= 0.6 is 0 Å². The third-order valence-corrected chi connectivity index (χ3v) is 5.72. The molecule has 1 N–H and O–H groups in total. The van der Waals surface area contributed by atoms with Gasteiger partial charge >= 0.3 is 5.97 Å². The number of hydrogen-bond donors (Lipinski definition) is 1. The van der Waals surface area contributed by atoms with Crippen molar-refractivity contribution in [3.63, 3.8) is 0 Å². The molecule has 0 saturated carbocycles. The van der Waals surface area contributed by atoms with Crippen LogP contribution in [0.2, 0.25) is 0 Å². The normalized spacial score (nSPS) is 18.7. The highest BCUT2D eigenvalue weighted by Gasteiger charge is 2.40. The van der Waals surface area contributed by atoms with Gasteiger partial charge in [-0.2, -0.15) is 0 Å². The molecule has 1 aromatic carbocycles. The van der Waals surface area contributed by atoms with Crippen LogP contribution in [-0.2, 0) is 14.3 Å². The van der Waals surface area contributed by atoms with Crippen LogP contribution in [0.4, 0.5) is 0 Å². The average Bonchev–Trinajstić information content (AvgIpc) is 2.75. The molecule has 0 aromatic heterocycles. The Hall–Kier alpha value is -2.76. The SMILES string of the molecule is CCCCCOC(=O)C1=C(C)NC2=C(C(=O)CCC2)[C@@H]1c1cccc(OC)c1OC. The number of dihydropyridines is 1. The fourth-order valence-electron chi connectivity index (χ4n) is 4.30. The highest BCUT2D eigenvalue weighted by molar-refractivity contribution is 6.04. The number of benzene rings is 1. The number of unbranched alkanes of at least 4 members (excludes halogenated alkanes) is 2. The van der Waals surface area contributed by atoms with Crippen molar-refractivity contribution >= 4 is 11.8 Å². The van der Waals surface area contributed by atoms with Crippen LogP contribution in [0, 0.1) is 0 Å². The summed E-state index contributed by atoms with van der Waals surface area (Å²) in [5, 5.41) is 3.31. The topological polar surface area (TPSA) is 73.9 Å². The van der Waals surface area contributed by atoms with Gasteiger partial charge in [-0.1, -0.05) is 31.9 Å². The number of hydrogen-bond acceptors (Lipinski definition) is 6. The van der Waals surface area contributed by atoms with Crippen molar-refractivity contribution in [3.8, 4) is 11.5 Å². The Balaban J connectivity index is 2.09. The smallest absolute Gasteiger partial charge is 0.336 e. The van der Waals surface area contributed by atoms with Crippen LogP contribution in [0.25, 0.3) is 0 Å². The van der Waals surface area contributed by atoms with E-state index in [1.165, 1.54) is 0 Å². The average molecular weight is 414 g/mol. The maximum atomic E-state index is 13.2. The largest absolute Gasteiger partial charge is 0.493 e. The lowest BCUT2D eigenvalue weighted by molar-refractivity contribution is -0.139. The van der Waals surface area contributed by atoms with Crippen molar-refractivity contribution in [2.24, 2.45) is 0 Å². The predicted molar refractivity (Wildman–Crippen MR) is 114 cm³/mol. The van der Waals surface area contributed by atoms with Crippen LogP contribution in [0.5, 0.6) is 11.5 Å². The molecule has 1 aliphatic carbocycles. The Kier molecular flexibility index (Phi) is 7.19. The first kappa shape index (κ1) is 21.9. The van der Waals surface area contributed by atoms with E-state index in [9.17, 15) is 9.59 Å². The van der Waals surface area contributed by atoms with Crippen LogP contribution in [0.15, 0.2) is 40.7 Å². The van der Waals surface area contributed by atoms with Gasteiger partial charge in [-0.05, 0) is 32.3 Å². The third-order valence-electron chi connectivity index (χ3n) is 5.72. The Morgan fingerprint density at radius 3 is 2.67 bits per heavy atom. The molecule has 2 aliphatic rings. The zero-order valence-electron chi connectivity index (χ0n) is 18.3. The van der Waals surface area contributed by atoms with Gasteiger partial charge in [-0.25, -0.2) is 4.79 Å². The highest BCUT2D eigenvalue weighted by Crippen LogP contribution is 2.47. The van der Waals surface area contributed by atoms with Crippen LogP contribution in [0.1, 0.15) is 63.9 Å². The van der Waals surface area contributed by atoms with Gasteiger partial charge in [0.15, 0.2) is 17.3 Å². The molecule has 1 aromatic rings. The number of Topliss-reactive ketones (excluding diaryl/α,β-unsaturated/α-hetero) is 1. The second kappa shape index (κ2) is 9.83. The first-order chi connectivity index (χ1) is 14.5. The summed E-state index contributed by atoms with van der Waals surface area (Å²) >= 11 is 0. The summed E-state index contributed by atoms with van der Waals surface area (Å²) < 4.78 is 16.7. The fraction of sp³-hybridized carbons (Fsp3) is 0.500. The van der Waals surface area contributed by atoms with E-state index in [1.807, 2.05) is 19.1 Å². The molecule has 162 valence electrons. The molecule has 0 radical (unpaired) electrons. The molecule has 1 atom stereocenters. The number of allylic oxidation sites excluding steroid dienone is 3. The molecule has 3 rings (SSSR count). The quantitative estimate of drug-likeness (QED) is 0.503. The van der Waals surface area contributed by atoms with E-state index < -0.39 is 11.9 Å². The minimum Gasteiger partial charge on any atom is -0.493 e. The Bertz CT molecular complexity index is 884. The summed E-state index contributed by atoms with van der Waals surface area (Å²) in [5.41, 5.74) is 3.45. The molecule has 0 bridgehead atoms. The lowest BCUT2D eigenvalue weighted by atomic mass is 9.75. The van der Waals surface area contributed by atoms with E-state index in [0.717, 1.165) is 49.1 Å². The van der Waals surface area contributed by atoms with Crippen LogP contribution < -0.4 is 14.8 Å². The number of carbonyl (C=O) groups excluding carboxylic acids is 2. The lowest BCUT2D eigenvalue weighted by Gasteiger charge is -2.34. The van der Waals surface area contributed by atoms with Gasteiger partial charge in [0, 0.05) is 29.0 Å². The number of nitrogens with one attached hydrogen (secondary N) is 1. The molecular weight excluding hydrogens is 382 g/mol.